The molecular weight excluding hydrogens is 302 g/mol. The molecule has 1 saturated heterocycles. The summed E-state index contributed by atoms with van der Waals surface area (Å²) in [7, 11) is 0. The Labute approximate surface area is 130 Å². The molecule has 4 N–H and O–H groups in total. The van der Waals surface area contributed by atoms with E-state index >= 15 is 0 Å². The maximum absolute atomic E-state index is 12.6. The maximum atomic E-state index is 12.6. The van der Waals surface area contributed by atoms with E-state index in [1.807, 2.05) is 0 Å². The third kappa shape index (κ3) is 2.20. The Morgan fingerprint density at radius 1 is 1.41 bits per heavy atom. The van der Waals surface area contributed by atoms with Gasteiger partial charge in [-0.3, -0.25) is 4.79 Å². The molecule has 1 unspecified atom stereocenters. The summed E-state index contributed by atoms with van der Waals surface area (Å²) in [6, 6.07) is 1.54. The van der Waals surface area contributed by atoms with Crippen LogP contribution in [0, 0.1) is 0 Å². The second kappa shape index (κ2) is 5.22. The van der Waals surface area contributed by atoms with E-state index in [0.717, 1.165) is 36.1 Å². The van der Waals surface area contributed by atoms with Crippen LogP contribution in [0.4, 0.5) is 16.2 Å². The van der Waals surface area contributed by atoms with Crippen LogP contribution >= 0.6 is 11.3 Å². The van der Waals surface area contributed by atoms with Crippen molar-refractivity contribution in [3.63, 3.8) is 0 Å². The minimum Gasteiger partial charge on any atom is -0.347 e. The lowest BCUT2D eigenvalue weighted by molar-refractivity contribution is 0.0935. The number of hydrogen-bond donors (Lipinski definition) is 4. The molecule has 7 nitrogen and oxygen atoms in total. The zero-order chi connectivity index (χ0) is 15.1. The van der Waals surface area contributed by atoms with E-state index in [2.05, 4.69) is 26.3 Å². The average Bonchev–Trinajstić information content (AvgIpc) is 2.88. The molecule has 0 aliphatic carbocycles. The van der Waals surface area contributed by atoms with Crippen LogP contribution in [0.2, 0.25) is 0 Å². The highest BCUT2D eigenvalue weighted by molar-refractivity contribution is 7.21. The molecule has 0 aromatic carbocycles. The van der Waals surface area contributed by atoms with Crippen LogP contribution in [0.3, 0.4) is 0 Å². The Kier molecular flexibility index (Phi) is 3.20. The molecule has 2 aliphatic rings. The number of thiophene rings is 1. The number of piperidine rings is 1. The van der Waals surface area contributed by atoms with Gasteiger partial charge in [0.2, 0.25) is 0 Å². The Bertz CT molecular complexity index is 766. The number of urea groups is 1. The molecule has 2 aliphatic heterocycles. The predicted molar refractivity (Wildman–Crippen MR) is 85.6 cm³/mol. The van der Waals surface area contributed by atoms with Crippen molar-refractivity contribution in [1.82, 2.24) is 15.6 Å². The molecule has 1 atom stereocenters. The van der Waals surface area contributed by atoms with Crippen LogP contribution < -0.4 is 21.3 Å². The highest BCUT2D eigenvalue weighted by atomic mass is 32.1. The first-order valence-electron chi connectivity index (χ1n) is 7.23. The lowest BCUT2D eigenvalue weighted by Crippen LogP contribution is -2.45. The molecule has 2 aromatic heterocycles. The van der Waals surface area contributed by atoms with Gasteiger partial charge in [0.1, 0.15) is 9.71 Å². The molecule has 0 spiro atoms. The Balaban J connectivity index is 1.70. The van der Waals surface area contributed by atoms with Crippen molar-refractivity contribution in [1.29, 1.82) is 0 Å². The number of rotatable bonds is 2. The summed E-state index contributed by atoms with van der Waals surface area (Å²) in [5.41, 5.74) is 1.26. The lowest BCUT2D eigenvalue weighted by Gasteiger charge is -2.24. The molecule has 0 radical (unpaired) electrons. The van der Waals surface area contributed by atoms with E-state index in [1.54, 1.807) is 12.3 Å². The summed E-state index contributed by atoms with van der Waals surface area (Å²) >= 11 is 1.30. The first kappa shape index (κ1) is 13.5. The fourth-order valence-corrected chi connectivity index (χ4v) is 3.93. The first-order valence-corrected chi connectivity index (χ1v) is 8.05. The number of carbonyl (C=O) groups is 2. The van der Waals surface area contributed by atoms with Crippen LogP contribution in [0.15, 0.2) is 12.3 Å². The highest BCUT2D eigenvalue weighted by Gasteiger charge is 2.27. The van der Waals surface area contributed by atoms with Crippen molar-refractivity contribution in [3.05, 3.63) is 17.1 Å². The molecule has 114 valence electrons. The third-order valence-corrected chi connectivity index (χ3v) is 5.01. The topological polar surface area (TPSA) is 95.2 Å². The Morgan fingerprint density at radius 2 is 2.32 bits per heavy atom. The van der Waals surface area contributed by atoms with Gasteiger partial charge in [-0.2, -0.15) is 0 Å². The fraction of sp³-hybridized carbons (Fsp3) is 0.357. The molecule has 3 amide bonds. The lowest BCUT2D eigenvalue weighted by atomic mass is 10.1. The summed E-state index contributed by atoms with van der Waals surface area (Å²) in [5.74, 6) is -0.153. The minimum atomic E-state index is -0.327. The quantitative estimate of drug-likeness (QED) is 0.678. The number of nitrogens with one attached hydrogen (secondary N) is 4. The van der Waals surface area contributed by atoms with Gasteiger partial charge in [-0.1, -0.05) is 0 Å². The molecule has 4 heterocycles. The van der Waals surface area contributed by atoms with Gasteiger partial charge in [0, 0.05) is 18.8 Å². The van der Waals surface area contributed by atoms with Gasteiger partial charge in [-0.25, -0.2) is 9.78 Å². The zero-order valence-electron chi connectivity index (χ0n) is 11.7. The Hall–Kier alpha value is -2.19. The second-order valence-corrected chi connectivity index (χ2v) is 6.44. The first-order chi connectivity index (χ1) is 10.7. The van der Waals surface area contributed by atoms with Gasteiger partial charge < -0.3 is 21.3 Å². The Morgan fingerprint density at radius 3 is 3.14 bits per heavy atom. The van der Waals surface area contributed by atoms with Crippen LogP contribution in [-0.4, -0.2) is 36.1 Å². The normalized spacial score (nSPS) is 20.4. The fourth-order valence-electron chi connectivity index (χ4n) is 2.90. The zero-order valence-corrected chi connectivity index (χ0v) is 12.5. The molecule has 2 aromatic rings. The standard InChI is InChI=1S/C14H15N5O2S/c20-12(17-7-2-1-4-15-6-7)11-10-9-8(18-14(21)19-10)3-5-16-13(9)22-11/h3,5,7,15H,1-2,4,6H2,(H,17,20)(H2,18,19,21). The molecule has 22 heavy (non-hydrogen) atoms. The van der Waals surface area contributed by atoms with Crippen LogP contribution in [0.5, 0.6) is 0 Å². The van der Waals surface area contributed by atoms with E-state index in [9.17, 15) is 9.59 Å². The van der Waals surface area contributed by atoms with E-state index in [4.69, 9.17) is 0 Å². The number of hydrogen-bond acceptors (Lipinski definition) is 5. The van der Waals surface area contributed by atoms with Crippen LogP contribution in [-0.2, 0) is 0 Å². The van der Waals surface area contributed by atoms with Gasteiger partial charge >= 0.3 is 6.03 Å². The van der Waals surface area contributed by atoms with Gasteiger partial charge in [-0.05, 0) is 25.5 Å². The van der Waals surface area contributed by atoms with Gasteiger partial charge in [-0.15, -0.1) is 11.3 Å². The minimum absolute atomic E-state index is 0.128. The smallest absolute Gasteiger partial charge is 0.323 e. The second-order valence-electron chi connectivity index (χ2n) is 5.44. The summed E-state index contributed by atoms with van der Waals surface area (Å²) in [6.45, 7) is 1.78. The van der Waals surface area contributed by atoms with Crippen LogP contribution in [0.25, 0.3) is 10.2 Å². The summed E-state index contributed by atoms with van der Waals surface area (Å²) in [5, 5.41) is 12.6. The van der Waals surface area contributed by atoms with Gasteiger partial charge in [0.05, 0.1) is 16.8 Å². The van der Waals surface area contributed by atoms with Crippen molar-refractivity contribution in [2.24, 2.45) is 0 Å². The van der Waals surface area contributed by atoms with Gasteiger partial charge in [0.15, 0.2) is 0 Å². The molecule has 4 rings (SSSR count). The SMILES string of the molecule is O=C1Nc2ccnc3sc(C(=O)NC4CCCNC4)c(c23)N1. The number of carbonyl (C=O) groups excluding carboxylic acids is 2. The maximum Gasteiger partial charge on any atom is 0.323 e. The van der Waals surface area contributed by atoms with E-state index in [-0.39, 0.29) is 18.0 Å². The van der Waals surface area contributed by atoms with Crippen LogP contribution in [0.1, 0.15) is 22.5 Å². The summed E-state index contributed by atoms with van der Waals surface area (Å²) in [4.78, 5) is 29.9. The number of aromatic nitrogens is 1. The molecule has 0 bridgehead atoms. The highest BCUT2D eigenvalue weighted by Crippen LogP contribution is 2.41. The molecule has 8 heteroatoms. The van der Waals surface area contributed by atoms with Crippen molar-refractivity contribution in [3.8, 4) is 0 Å². The number of anilines is 2. The van der Waals surface area contributed by atoms with Crippen molar-refractivity contribution < 1.29 is 9.59 Å². The van der Waals surface area contributed by atoms with Gasteiger partial charge in [0.25, 0.3) is 5.91 Å². The number of nitrogens with zero attached hydrogens (tertiary/aromatic N) is 1. The molecular formula is C14H15N5O2S. The van der Waals surface area contributed by atoms with E-state index in [0.29, 0.717) is 16.3 Å². The number of pyridine rings is 1. The van der Waals surface area contributed by atoms with Crippen molar-refractivity contribution >= 4 is 44.9 Å². The van der Waals surface area contributed by atoms with E-state index in [1.165, 1.54) is 11.3 Å². The average molecular weight is 317 g/mol. The largest absolute Gasteiger partial charge is 0.347 e. The summed E-state index contributed by atoms with van der Waals surface area (Å²) < 4.78 is 0. The van der Waals surface area contributed by atoms with E-state index < -0.39 is 0 Å². The monoisotopic (exact) mass is 317 g/mol. The van der Waals surface area contributed by atoms with Crippen molar-refractivity contribution in [2.45, 2.75) is 18.9 Å². The third-order valence-electron chi connectivity index (χ3n) is 3.92. The predicted octanol–water partition coefficient (Wildman–Crippen LogP) is 1.74. The van der Waals surface area contributed by atoms with Crippen molar-refractivity contribution in [2.75, 3.05) is 23.7 Å². The molecule has 0 saturated carbocycles. The molecule has 1 fully saturated rings. The number of amides is 3. The summed E-state index contributed by atoms with van der Waals surface area (Å²) in [6.07, 6.45) is 3.66.